The fourth-order valence-electron chi connectivity index (χ4n) is 1.87. The van der Waals surface area contributed by atoms with Gasteiger partial charge in [-0.1, -0.05) is 0 Å². The second kappa shape index (κ2) is 7.27. The quantitative estimate of drug-likeness (QED) is 0.579. The number of anilines is 1. The zero-order chi connectivity index (χ0) is 17.8. The summed E-state index contributed by atoms with van der Waals surface area (Å²) >= 11 is 0. The van der Waals surface area contributed by atoms with Gasteiger partial charge in [-0.25, -0.2) is 8.42 Å². The van der Waals surface area contributed by atoms with E-state index in [0.717, 1.165) is 16.6 Å². The van der Waals surface area contributed by atoms with E-state index in [0.29, 0.717) is 0 Å². The Bertz CT molecular complexity index is 702. The van der Waals surface area contributed by atoms with E-state index in [1.165, 1.54) is 19.2 Å². The SMILES string of the molecule is COc1ccc([N+](=O)[O-])cc1N(CC(=O)NC(C)C)S(C)(=O)=O. The predicted octanol–water partition coefficient (Wildman–Crippen LogP) is 0.894. The number of carbonyl (C=O) groups is 1. The number of sulfonamides is 1. The average Bonchev–Trinajstić information content (AvgIpc) is 2.42. The van der Waals surface area contributed by atoms with Crippen LogP contribution in [0, 0.1) is 10.1 Å². The number of nitrogens with one attached hydrogen (secondary N) is 1. The Labute approximate surface area is 134 Å². The molecule has 0 saturated heterocycles. The maximum atomic E-state index is 12.0. The highest BCUT2D eigenvalue weighted by Crippen LogP contribution is 2.33. The van der Waals surface area contributed by atoms with Crippen LogP contribution in [0.2, 0.25) is 0 Å². The summed E-state index contributed by atoms with van der Waals surface area (Å²) in [6.07, 6.45) is 0.911. The van der Waals surface area contributed by atoms with Gasteiger partial charge in [0.05, 0.1) is 18.3 Å². The van der Waals surface area contributed by atoms with Crippen molar-refractivity contribution in [2.24, 2.45) is 0 Å². The summed E-state index contributed by atoms with van der Waals surface area (Å²) in [5.74, 6) is -0.419. The molecule has 0 fully saturated rings. The van der Waals surface area contributed by atoms with Crippen LogP contribution in [0.25, 0.3) is 0 Å². The maximum Gasteiger partial charge on any atom is 0.271 e. The Hall–Kier alpha value is -2.36. The van der Waals surface area contributed by atoms with Crippen molar-refractivity contribution >= 4 is 27.3 Å². The molecule has 0 atom stereocenters. The second-order valence-corrected chi connectivity index (χ2v) is 7.01. The summed E-state index contributed by atoms with van der Waals surface area (Å²) in [4.78, 5) is 22.2. The van der Waals surface area contributed by atoms with E-state index >= 15 is 0 Å². The molecular formula is C13H19N3O6S. The second-order valence-electron chi connectivity index (χ2n) is 5.11. The minimum atomic E-state index is -3.85. The first kappa shape index (κ1) is 18.7. The van der Waals surface area contributed by atoms with E-state index in [9.17, 15) is 23.3 Å². The number of nitro groups is 1. The van der Waals surface area contributed by atoms with Crippen molar-refractivity contribution in [3.63, 3.8) is 0 Å². The van der Waals surface area contributed by atoms with Crippen molar-refractivity contribution in [1.82, 2.24) is 5.32 Å². The summed E-state index contributed by atoms with van der Waals surface area (Å²) in [6.45, 7) is 2.96. The molecule has 0 spiro atoms. The molecule has 9 nitrogen and oxygen atoms in total. The van der Waals surface area contributed by atoms with Gasteiger partial charge in [0, 0.05) is 18.2 Å². The predicted molar refractivity (Wildman–Crippen MR) is 85.1 cm³/mol. The summed E-state index contributed by atoms with van der Waals surface area (Å²) in [5, 5.41) is 13.5. The maximum absolute atomic E-state index is 12.0. The Morgan fingerprint density at radius 2 is 2.04 bits per heavy atom. The molecule has 1 amide bonds. The molecule has 0 aliphatic heterocycles. The monoisotopic (exact) mass is 345 g/mol. The van der Waals surface area contributed by atoms with Crippen LogP contribution in [0.5, 0.6) is 5.75 Å². The van der Waals surface area contributed by atoms with E-state index in [1.807, 2.05) is 0 Å². The van der Waals surface area contributed by atoms with Gasteiger partial charge in [0.15, 0.2) is 0 Å². The molecule has 1 rings (SSSR count). The molecule has 1 N–H and O–H groups in total. The van der Waals surface area contributed by atoms with Gasteiger partial charge in [0.2, 0.25) is 15.9 Å². The lowest BCUT2D eigenvalue weighted by Crippen LogP contribution is -2.42. The number of ether oxygens (including phenoxy) is 1. The van der Waals surface area contributed by atoms with Gasteiger partial charge in [-0.15, -0.1) is 0 Å². The van der Waals surface area contributed by atoms with Crippen molar-refractivity contribution < 1.29 is 22.9 Å². The number of benzene rings is 1. The number of nitro benzene ring substituents is 1. The molecule has 0 saturated carbocycles. The molecule has 0 aliphatic carbocycles. The van der Waals surface area contributed by atoms with Gasteiger partial charge in [0.25, 0.3) is 5.69 Å². The minimum absolute atomic E-state index is 0.0666. The highest BCUT2D eigenvalue weighted by molar-refractivity contribution is 7.92. The van der Waals surface area contributed by atoms with Crippen LogP contribution >= 0.6 is 0 Å². The lowest BCUT2D eigenvalue weighted by molar-refractivity contribution is -0.384. The van der Waals surface area contributed by atoms with Crippen LogP contribution < -0.4 is 14.4 Å². The smallest absolute Gasteiger partial charge is 0.271 e. The third-order valence-corrected chi connectivity index (χ3v) is 3.91. The topological polar surface area (TPSA) is 119 Å². The van der Waals surface area contributed by atoms with Crippen molar-refractivity contribution in [2.45, 2.75) is 19.9 Å². The molecule has 0 heterocycles. The molecule has 0 aliphatic rings. The molecule has 0 radical (unpaired) electrons. The largest absolute Gasteiger partial charge is 0.495 e. The van der Waals surface area contributed by atoms with Crippen LogP contribution in [0.3, 0.4) is 0 Å². The minimum Gasteiger partial charge on any atom is -0.495 e. The van der Waals surface area contributed by atoms with Crippen LogP contribution in [0.4, 0.5) is 11.4 Å². The fraction of sp³-hybridized carbons (Fsp3) is 0.462. The highest BCUT2D eigenvalue weighted by Gasteiger charge is 2.26. The summed E-state index contributed by atoms with van der Waals surface area (Å²) in [5.41, 5.74) is -0.373. The summed E-state index contributed by atoms with van der Waals surface area (Å²) in [7, 11) is -2.55. The average molecular weight is 345 g/mol. The van der Waals surface area contributed by atoms with E-state index < -0.39 is 27.4 Å². The molecule has 0 aromatic heterocycles. The number of carbonyl (C=O) groups excluding carboxylic acids is 1. The molecule has 128 valence electrons. The van der Waals surface area contributed by atoms with E-state index in [1.54, 1.807) is 13.8 Å². The van der Waals surface area contributed by atoms with Gasteiger partial charge in [-0.3, -0.25) is 19.2 Å². The van der Waals surface area contributed by atoms with Crippen LogP contribution in [0.15, 0.2) is 18.2 Å². The lowest BCUT2D eigenvalue weighted by Gasteiger charge is -2.24. The third kappa shape index (κ3) is 5.09. The number of non-ortho nitro benzene ring substituents is 1. The van der Waals surface area contributed by atoms with Crippen LogP contribution in [-0.2, 0) is 14.8 Å². The van der Waals surface area contributed by atoms with E-state index in [2.05, 4.69) is 5.32 Å². The lowest BCUT2D eigenvalue weighted by atomic mass is 10.2. The molecule has 23 heavy (non-hydrogen) atoms. The Kier molecular flexibility index (Phi) is 5.91. The molecule has 0 bridgehead atoms. The number of hydrogen-bond acceptors (Lipinski definition) is 6. The Morgan fingerprint density at radius 1 is 1.43 bits per heavy atom. The zero-order valence-electron chi connectivity index (χ0n) is 13.3. The van der Waals surface area contributed by atoms with Crippen molar-refractivity contribution in [3.8, 4) is 5.75 Å². The first-order valence-corrected chi connectivity index (χ1v) is 8.50. The number of methoxy groups -OCH3 is 1. The van der Waals surface area contributed by atoms with Crippen molar-refractivity contribution in [2.75, 3.05) is 24.2 Å². The molecule has 1 aromatic rings. The van der Waals surface area contributed by atoms with Gasteiger partial charge in [-0.05, 0) is 19.9 Å². The van der Waals surface area contributed by atoms with Gasteiger partial charge >= 0.3 is 0 Å². The molecular weight excluding hydrogens is 326 g/mol. The number of rotatable bonds is 7. The summed E-state index contributed by atoms with van der Waals surface area (Å²) in [6, 6.07) is 3.36. The van der Waals surface area contributed by atoms with Crippen molar-refractivity contribution in [3.05, 3.63) is 28.3 Å². The highest BCUT2D eigenvalue weighted by atomic mass is 32.2. The van der Waals surface area contributed by atoms with Crippen molar-refractivity contribution in [1.29, 1.82) is 0 Å². The van der Waals surface area contributed by atoms with E-state index in [4.69, 9.17) is 4.74 Å². The molecule has 1 aromatic carbocycles. The standard InChI is InChI=1S/C13H19N3O6S/c1-9(2)14-13(17)8-15(23(4,20)21)11-7-10(16(18)19)5-6-12(11)22-3/h5-7,9H,8H2,1-4H3,(H,14,17). The first-order chi connectivity index (χ1) is 10.6. The number of nitrogens with zero attached hydrogens (tertiary/aromatic N) is 2. The zero-order valence-corrected chi connectivity index (χ0v) is 14.1. The number of hydrogen-bond donors (Lipinski definition) is 1. The van der Waals surface area contributed by atoms with E-state index in [-0.39, 0.29) is 23.2 Å². The fourth-order valence-corrected chi connectivity index (χ4v) is 2.72. The van der Waals surface area contributed by atoms with Crippen LogP contribution in [0.1, 0.15) is 13.8 Å². The molecule has 10 heteroatoms. The summed E-state index contributed by atoms with van der Waals surface area (Å²) < 4.78 is 29.9. The Morgan fingerprint density at radius 3 is 2.48 bits per heavy atom. The third-order valence-electron chi connectivity index (χ3n) is 2.78. The Balaban J connectivity index is 3.34. The molecule has 0 unspecified atom stereocenters. The van der Waals surface area contributed by atoms with Gasteiger partial charge in [0.1, 0.15) is 18.0 Å². The van der Waals surface area contributed by atoms with Crippen LogP contribution in [-0.4, -0.2) is 45.2 Å². The van der Waals surface area contributed by atoms with Gasteiger partial charge < -0.3 is 10.1 Å². The number of amides is 1. The normalized spacial score (nSPS) is 11.2. The van der Waals surface area contributed by atoms with Gasteiger partial charge in [-0.2, -0.15) is 0 Å². The first-order valence-electron chi connectivity index (χ1n) is 6.65.